The van der Waals surface area contributed by atoms with E-state index in [9.17, 15) is 5.11 Å². The molecule has 0 aliphatic rings. The molecule has 1 heterocycles. The zero-order chi connectivity index (χ0) is 8.97. The minimum Gasteiger partial charge on any atom is -0.372 e. The van der Waals surface area contributed by atoms with E-state index in [0.717, 1.165) is 25.0 Å². The number of aliphatic hydroxyl groups excluding tert-OH is 1. The normalized spacial score (nSPS) is 13.2. The molecule has 1 atom stereocenters. The van der Waals surface area contributed by atoms with Gasteiger partial charge in [0.05, 0.1) is 0 Å². The second-order valence-electron chi connectivity index (χ2n) is 3.04. The fourth-order valence-electron chi connectivity index (χ4n) is 1.20. The van der Waals surface area contributed by atoms with Gasteiger partial charge in [-0.15, -0.1) is 0 Å². The highest BCUT2D eigenvalue weighted by atomic mass is 16.3. The molecule has 3 nitrogen and oxygen atoms in total. The second kappa shape index (κ2) is 4.26. The monoisotopic (exact) mass is 168 g/mol. The van der Waals surface area contributed by atoms with Gasteiger partial charge in [-0.1, -0.05) is 13.3 Å². The molecule has 0 spiro atoms. The van der Waals surface area contributed by atoms with Gasteiger partial charge in [0.15, 0.2) is 0 Å². The largest absolute Gasteiger partial charge is 0.372 e. The first-order chi connectivity index (χ1) is 5.75. The van der Waals surface area contributed by atoms with Crippen LogP contribution in [0.2, 0.25) is 0 Å². The maximum atomic E-state index is 9.62. The third kappa shape index (κ3) is 2.08. The van der Waals surface area contributed by atoms with Crippen LogP contribution in [-0.4, -0.2) is 14.9 Å². The van der Waals surface area contributed by atoms with Crippen molar-refractivity contribution in [2.75, 3.05) is 0 Å². The third-order valence-electron chi connectivity index (χ3n) is 1.97. The zero-order valence-corrected chi connectivity index (χ0v) is 7.70. The number of hydrogen-bond acceptors (Lipinski definition) is 2. The van der Waals surface area contributed by atoms with Gasteiger partial charge in [0.1, 0.15) is 6.23 Å². The first kappa shape index (κ1) is 9.26. The molecule has 68 valence electrons. The molecule has 1 rings (SSSR count). The maximum Gasteiger partial charge on any atom is 0.147 e. The van der Waals surface area contributed by atoms with E-state index in [0.29, 0.717) is 0 Å². The molecule has 0 aliphatic carbocycles. The van der Waals surface area contributed by atoms with Crippen LogP contribution in [0.1, 0.15) is 38.1 Å². The van der Waals surface area contributed by atoms with E-state index in [4.69, 9.17) is 0 Å². The summed E-state index contributed by atoms with van der Waals surface area (Å²) < 4.78 is 1.66. The molecule has 0 amide bonds. The molecule has 0 aromatic carbocycles. The fraction of sp³-hybridized carbons (Fsp3) is 0.667. The van der Waals surface area contributed by atoms with Crippen LogP contribution in [0.3, 0.4) is 0 Å². The molecular formula is C9H16N2O. The Morgan fingerprint density at radius 1 is 1.67 bits per heavy atom. The molecule has 1 N–H and O–H groups in total. The van der Waals surface area contributed by atoms with Crippen molar-refractivity contribution in [3.05, 3.63) is 18.0 Å². The van der Waals surface area contributed by atoms with Gasteiger partial charge in [0.25, 0.3) is 0 Å². The molecule has 0 bridgehead atoms. The summed E-state index contributed by atoms with van der Waals surface area (Å²) in [6, 6.07) is 1.90. The van der Waals surface area contributed by atoms with E-state index >= 15 is 0 Å². The van der Waals surface area contributed by atoms with Gasteiger partial charge < -0.3 is 5.11 Å². The van der Waals surface area contributed by atoms with Gasteiger partial charge in [0.2, 0.25) is 0 Å². The average molecular weight is 168 g/mol. The summed E-state index contributed by atoms with van der Waals surface area (Å²) in [5.74, 6) is 0. The van der Waals surface area contributed by atoms with Crippen LogP contribution in [0, 0.1) is 6.92 Å². The lowest BCUT2D eigenvalue weighted by Gasteiger charge is -2.11. The Balaban J connectivity index is 2.52. The standard InChI is InChI=1S/C9H16N2O/c1-3-4-5-9(12)11-8(2)6-7-10-11/h6-7,9,12H,3-5H2,1-2H3. The Morgan fingerprint density at radius 2 is 2.42 bits per heavy atom. The first-order valence-electron chi connectivity index (χ1n) is 4.44. The fourth-order valence-corrected chi connectivity index (χ4v) is 1.20. The number of hydrogen-bond donors (Lipinski definition) is 1. The van der Waals surface area contributed by atoms with Crippen LogP contribution in [0.25, 0.3) is 0 Å². The topological polar surface area (TPSA) is 38.0 Å². The van der Waals surface area contributed by atoms with E-state index in [-0.39, 0.29) is 0 Å². The highest BCUT2D eigenvalue weighted by Gasteiger charge is 2.07. The minimum atomic E-state index is -0.444. The molecule has 1 aromatic heterocycles. The highest BCUT2D eigenvalue weighted by molar-refractivity contribution is 4.97. The number of rotatable bonds is 4. The summed E-state index contributed by atoms with van der Waals surface area (Å²) in [7, 11) is 0. The molecule has 0 fully saturated rings. The number of aromatic nitrogens is 2. The SMILES string of the molecule is CCCCC(O)n1nccc1C. The molecular weight excluding hydrogens is 152 g/mol. The van der Waals surface area contributed by atoms with Crippen molar-refractivity contribution >= 4 is 0 Å². The number of unbranched alkanes of at least 4 members (excludes halogenated alkanes) is 1. The van der Waals surface area contributed by atoms with Crippen LogP contribution in [-0.2, 0) is 0 Å². The molecule has 0 radical (unpaired) electrons. The van der Waals surface area contributed by atoms with E-state index in [1.807, 2.05) is 13.0 Å². The lowest BCUT2D eigenvalue weighted by Crippen LogP contribution is -2.11. The molecule has 0 saturated heterocycles. The summed E-state index contributed by atoms with van der Waals surface area (Å²) >= 11 is 0. The predicted molar refractivity (Wildman–Crippen MR) is 47.7 cm³/mol. The zero-order valence-electron chi connectivity index (χ0n) is 7.70. The van der Waals surface area contributed by atoms with Crippen molar-refractivity contribution in [3.63, 3.8) is 0 Å². The van der Waals surface area contributed by atoms with Gasteiger partial charge in [-0.3, -0.25) is 0 Å². The van der Waals surface area contributed by atoms with E-state index in [1.165, 1.54) is 0 Å². The average Bonchev–Trinajstić information content (AvgIpc) is 2.47. The third-order valence-corrected chi connectivity index (χ3v) is 1.97. The minimum absolute atomic E-state index is 0.444. The van der Waals surface area contributed by atoms with Crippen molar-refractivity contribution in [3.8, 4) is 0 Å². The van der Waals surface area contributed by atoms with Crippen molar-refractivity contribution in [2.45, 2.75) is 39.3 Å². The van der Waals surface area contributed by atoms with Gasteiger partial charge in [-0.2, -0.15) is 5.10 Å². The number of aliphatic hydroxyl groups is 1. The summed E-state index contributed by atoms with van der Waals surface area (Å²) in [4.78, 5) is 0. The molecule has 3 heteroatoms. The first-order valence-corrected chi connectivity index (χ1v) is 4.44. The summed E-state index contributed by atoms with van der Waals surface area (Å²) in [6.07, 6.45) is 4.21. The Labute approximate surface area is 73.0 Å². The van der Waals surface area contributed by atoms with Crippen LogP contribution >= 0.6 is 0 Å². The van der Waals surface area contributed by atoms with Crippen molar-refractivity contribution in [2.24, 2.45) is 0 Å². The molecule has 1 unspecified atom stereocenters. The highest BCUT2D eigenvalue weighted by Crippen LogP contribution is 2.12. The second-order valence-corrected chi connectivity index (χ2v) is 3.04. The lowest BCUT2D eigenvalue weighted by atomic mass is 10.2. The smallest absolute Gasteiger partial charge is 0.147 e. The van der Waals surface area contributed by atoms with E-state index in [2.05, 4.69) is 12.0 Å². The molecule has 12 heavy (non-hydrogen) atoms. The Morgan fingerprint density at radius 3 is 2.92 bits per heavy atom. The van der Waals surface area contributed by atoms with Gasteiger partial charge in [-0.25, -0.2) is 4.68 Å². The van der Waals surface area contributed by atoms with Gasteiger partial charge in [0, 0.05) is 11.9 Å². The molecule has 0 aliphatic heterocycles. The van der Waals surface area contributed by atoms with Gasteiger partial charge >= 0.3 is 0 Å². The summed E-state index contributed by atoms with van der Waals surface area (Å²) in [5.41, 5.74) is 1.01. The van der Waals surface area contributed by atoms with E-state index < -0.39 is 6.23 Å². The van der Waals surface area contributed by atoms with Crippen LogP contribution in [0.4, 0.5) is 0 Å². The maximum absolute atomic E-state index is 9.62. The Kier molecular flexibility index (Phi) is 3.29. The molecule has 1 aromatic rings. The van der Waals surface area contributed by atoms with Crippen molar-refractivity contribution in [1.29, 1.82) is 0 Å². The Hall–Kier alpha value is -0.830. The Bertz CT molecular complexity index is 232. The van der Waals surface area contributed by atoms with Crippen LogP contribution in [0.5, 0.6) is 0 Å². The number of aryl methyl sites for hydroxylation is 1. The van der Waals surface area contributed by atoms with Crippen molar-refractivity contribution in [1.82, 2.24) is 9.78 Å². The van der Waals surface area contributed by atoms with Crippen LogP contribution < -0.4 is 0 Å². The predicted octanol–water partition coefficient (Wildman–Crippen LogP) is 1.87. The van der Waals surface area contributed by atoms with E-state index in [1.54, 1.807) is 10.9 Å². The van der Waals surface area contributed by atoms with Crippen molar-refractivity contribution < 1.29 is 5.11 Å². The quantitative estimate of drug-likeness (QED) is 0.745. The summed E-state index contributed by atoms with van der Waals surface area (Å²) in [6.45, 7) is 4.06. The lowest BCUT2D eigenvalue weighted by molar-refractivity contribution is 0.0770. The summed E-state index contributed by atoms with van der Waals surface area (Å²) in [5, 5.41) is 13.7. The number of nitrogens with zero attached hydrogens (tertiary/aromatic N) is 2. The molecule has 0 saturated carbocycles. The van der Waals surface area contributed by atoms with Crippen LogP contribution in [0.15, 0.2) is 12.3 Å². The van der Waals surface area contributed by atoms with Gasteiger partial charge in [-0.05, 0) is 25.8 Å².